The molecule has 4 aromatic carbocycles. The van der Waals surface area contributed by atoms with Crippen molar-refractivity contribution in [1.29, 1.82) is 0 Å². The van der Waals surface area contributed by atoms with Crippen molar-refractivity contribution in [3.63, 3.8) is 0 Å². The maximum Gasteiger partial charge on any atom is 1.00 e. The summed E-state index contributed by atoms with van der Waals surface area (Å²) in [5.41, 5.74) is 0.188. The molecule has 0 saturated carbocycles. The van der Waals surface area contributed by atoms with Gasteiger partial charge in [0.15, 0.2) is 26.9 Å². The van der Waals surface area contributed by atoms with E-state index in [9.17, 15) is 48.4 Å². The van der Waals surface area contributed by atoms with Crippen molar-refractivity contribution in [2.24, 2.45) is 0 Å². The van der Waals surface area contributed by atoms with E-state index in [-0.39, 0.29) is 146 Å². The zero-order valence-corrected chi connectivity index (χ0v) is 39.1. The van der Waals surface area contributed by atoms with E-state index < -0.39 is 79.7 Å². The van der Waals surface area contributed by atoms with Gasteiger partial charge in [0.1, 0.15) is 25.3 Å². The van der Waals surface area contributed by atoms with E-state index in [1.807, 2.05) is 0 Å². The molecule has 2 heterocycles. The Morgan fingerprint density at radius 3 is 2.08 bits per heavy atom. The Bertz CT molecular complexity index is 2590. The molecule has 2 atom stereocenters. The average molecular weight is 841 g/mol. The fraction of sp³-hybridized carbons (Fsp3) is 0.0385. The van der Waals surface area contributed by atoms with Crippen molar-refractivity contribution in [3.05, 3.63) is 78.3 Å². The van der Waals surface area contributed by atoms with Crippen molar-refractivity contribution >= 4 is 86.3 Å². The topological polar surface area (TPSA) is 296 Å². The van der Waals surface area contributed by atoms with Crippen LogP contribution in [0.5, 0.6) is 5.75 Å². The molecular formula is C26H16N6Na4O13S4. The molecule has 0 radical (unpaired) electrons. The van der Waals surface area contributed by atoms with Crippen molar-refractivity contribution < 1.29 is 176 Å². The number of aromatic nitrogens is 3. The number of hydrogen-bond donors (Lipinski definition) is 2. The van der Waals surface area contributed by atoms with Gasteiger partial charge in [-0.15, -0.1) is 0 Å². The monoisotopic (exact) mass is 840 g/mol. The number of rotatable bonds is 10. The molecule has 2 unspecified atom stereocenters. The Morgan fingerprint density at radius 2 is 1.45 bits per heavy atom. The van der Waals surface area contributed by atoms with Crippen LogP contribution < -0.4 is 144 Å². The standard InChI is InChI=1S/C26H20N6O13S4.4Na/c1-13(46(34)45-33)32-20-9-6-14-4-2-3-5-19(14)22(20)44-26(32)31-24-28-23(29-25(30-24)49(41,42)43)27-16-7-8-18-15(10-16)11-17(47(35,36)37)12-21(18)48(38,39)40;;;;/h2-12,26,33H,1H2,(H,35,36,37)(H,38,39,40)(H,41,42,43)(H2,27,28,29,30,31);;;;/q;4*+1/p-4. The van der Waals surface area contributed by atoms with E-state index in [2.05, 4.69) is 36.5 Å². The first kappa shape index (κ1) is 48.3. The Kier molecular flexibility index (Phi) is 17.0. The number of ether oxygens (including phenoxy) is 1. The van der Waals surface area contributed by atoms with E-state index in [0.29, 0.717) is 11.5 Å². The van der Waals surface area contributed by atoms with Crippen molar-refractivity contribution in [2.45, 2.75) is 21.3 Å². The normalized spacial score (nSPS) is 14.3. The van der Waals surface area contributed by atoms with E-state index in [0.717, 1.165) is 28.5 Å². The molecule has 0 amide bonds. The summed E-state index contributed by atoms with van der Waals surface area (Å²) >= 11 is -2.63. The number of fused-ring (bicyclic) bond motifs is 4. The average Bonchev–Trinajstić information content (AvgIpc) is 3.40. The second kappa shape index (κ2) is 18.6. The summed E-state index contributed by atoms with van der Waals surface area (Å²) in [6.45, 7) is 3.63. The molecule has 256 valence electrons. The second-order valence-electron chi connectivity index (χ2n) is 9.93. The van der Waals surface area contributed by atoms with Gasteiger partial charge in [-0.05, 0) is 46.5 Å². The van der Waals surface area contributed by atoms with Gasteiger partial charge in [0, 0.05) is 11.1 Å². The molecule has 53 heavy (non-hydrogen) atoms. The summed E-state index contributed by atoms with van der Waals surface area (Å²) in [5, 5.41) is 15.4. The molecule has 0 bridgehead atoms. The summed E-state index contributed by atoms with van der Waals surface area (Å²) in [4.78, 5) is 10.4. The number of benzene rings is 4. The minimum Gasteiger partial charge on any atom is -0.744 e. The minimum absolute atomic E-state index is 0. The van der Waals surface area contributed by atoms with Gasteiger partial charge in [0.05, 0.1) is 15.5 Å². The Hall–Kier alpha value is -0.850. The van der Waals surface area contributed by atoms with Gasteiger partial charge < -0.3 is 38.6 Å². The molecular weight excluding hydrogens is 825 g/mol. The van der Waals surface area contributed by atoms with E-state index >= 15 is 0 Å². The molecule has 5 aromatic rings. The van der Waals surface area contributed by atoms with Crippen LogP contribution in [0.4, 0.5) is 23.3 Å². The van der Waals surface area contributed by atoms with E-state index in [4.69, 9.17) is 4.74 Å². The largest absolute Gasteiger partial charge is 1.00 e. The number of nitrogens with zero attached hydrogens (tertiary/aromatic N) is 4. The van der Waals surface area contributed by atoms with Crippen molar-refractivity contribution in [1.82, 2.24) is 15.0 Å². The summed E-state index contributed by atoms with van der Waals surface area (Å²) in [6.07, 6.45) is -1.47. The van der Waals surface area contributed by atoms with E-state index in [1.54, 1.807) is 36.4 Å². The van der Waals surface area contributed by atoms with Crippen LogP contribution in [0, 0.1) is 0 Å². The number of nitrogens with one attached hydrogen (secondary N) is 2. The van der Waals surface area contributed by atoms with Gasteiger partial charge in [0.25, 0.3) is 6.35 Å². The first-order valence-corrected chi connectivity index (χ1v) is 18.4. The van der Waals surface area contributed by atoms with Gasteiger partial charge in [-0.25, -0.2) is 29.5 Å². The van der Waals surface area contributed by atoms with Crippen LogP contribution in [0.3, 0.4) is 0 Å². The summed E-state index contributed by atoms with van der Waals surface area (Å²) in [7, 11) is -15.8. The van der Waals surface area contributed by atoms with Gasteiger partial charge in [0.2, 0.25) is 17.1 Å². The van der Waals surface area contributed by atoms with Gasteiger partial charge in [-0.3, -0.25) is 4.90 Å². The molecule has 0 spiro atoms. The first-order valence-electron chi connectivity index (χ1n) is 13.1. The Labute approximate surface area is 392 Å². The van der Waals surface area contributed by atoms with Crippen LogP contribution in [-0.4, -0.2) is 64.4 Å². The maximum absolute atomic E-state index is 12.3. The third-order valence-corrected chi connectivity index (χ3v) is 9.92. The van der Waals surface area contributed by atoms with Gasteiger partial charge in [-0.1, -0.05) is 43.0 Å². The number of hydrogen-bond acceptors (Lipinski definition) is 19. The number of anilines is 4. The molecule has 6 rings (SSSR count). The van der Waals surface area contributed by atoms with Crippen molar-refractivity contribution in [3.8, 4) is 5.75 Å². The SMILES string of the molecule is C=C(N1c2ccc3ccccc3c2OC1Nc1nc(Nc2ccc3c(S(=O)(=O)[O-])cc(S(=O)(=O)[O-])cc3c2)nc(S(=O)(=O)[O-])n1)S(=O)O[O-].[Na+].[Na+].[Na+].[Na+]. The predicted molar refractivity (Wildman–Crippen MR) is 164 cm³/mol. The second-order valence-corrected chi connectivity index (χ2v) is 15.0. The molecule has 27 heteroatoms. The van der Waals surface area contributed by atoms with E-state index in [1.165, 1.54) is 6.07 Å². The Balaban J connectivity index is 0.00000243. The van der Waals surface area contributed by atoms with Gasteiger partial charge in [-0.2, -0.15) is 15.0 Å². The molecule has 0 aliphatic carbocycles. The third-order valence-electron chi connectivity index (χ3n) is 6.90. The zero-order valence-electron chi connectivity index (χ0n) is 27.9. The third kappa shape index (κ3) is 10.6. The molecule has 0 fully saturated rings. The van der Waals surface area contributed by atoms with Crippen LogP contribution in [-0.2, 0) is 45.8 Å². The quantitative estimate of drug-likeness (QED) is 0.0571. The molecule has 1 aromatic heterocycles. The zero-order chi connectivity index (χ0) is 35.5. The fourth-order valence-electron chi connectivity index (χ4n) is 4.88. The van der Waals surface area contributed by atoms with Crippen LogP contribution in [0.1, 0.15) is 0 Å². The molecule has 2 N–H and O–H groups in total. The molecule has 0 saturated heterocycles. The van der Waals surface area contributed by atoms with Crippen LogP contribution in [0.15, 0.2) is 93.3 Å². The van der Waals surface area contributed by atoms with Crippen LogP contribution >= 0.6 is 0 Å². The van der Waals surface area contributed by atoms with Crippen LogP contribution in [0.25, 0.3) is 21.5 Å². The minimum atomic E-state index is -5.36. The summed E-state index contributed by atoms with van der Waals surface area (Å²) in [6, 6.07) is 14.8. The summed E-state index contributed by atoms with van der Waals surface area (Å²) in [5.74, 6) is -0.993. The van der Waals surface area contributed by atoms with Gasteiger partial charge >= 0.3 is 118 Å². The summed E-state index contributed by atoms with van der Waals surface area (Å²) < 4.78 is 128. The smallest absolute Gasteiger partial charge is 0.744 e. The molecule has 19 nitrogen and oxygen atoms in total. The van der Waals surface area contributed by atoms with Crippen molar-refractivity contribution in [2.75, 3.05) is 15.5 Å². The molecule has 1 aliphatic heterocycles. The predicted octanol–water partition coefficient (Wildman–Crippen LogP) is -11.3. The maximum atomic E-state index is 12.3. The molecule has 1 aliphatic rings. The first-order chi connectivity index (χ1) is 22.9. The Morgan fingerprint density at radius 1 is 0.792 bits per heavy atom. The van der Waals surface area contributed by atoms with Crippen LogP contribution in [0.2, 0.25) is 0 Å². The fourth-order valence-corrected chi connectivity index (χ4v) is 7.04.